The Balaban J connectivity index is 1.61. The second kappa shape index (κ2) is 9.71. The molecule has 4 rings (SSSR count). The van der Waals surface area contributed by atoms with Gasteiger partial charge in [-0.2, -0.15) is 0 Å². The van der Waals surface area contributed by atoms with Crippen LogP contribution in [0.15, 0.2) is 84.2 Å². The number of thiophene rings is 1. The highest BCUT2D eigenvalue weighted by atomic mass is 32.1. The molecular formula is C27H22O5S. The number of carboxylic acid groups (broad SMARTS) is 1. The van der Waals surface area contributed by atoms with Crippen molar-refractivity contribution in [2.75, 3.05) is 0 Å². The molecule has 0 spiro atoms. The smallest absolute Gasteiger partial charge is 0.335 e. The molecule has 0 aliphatic carbocycles. The van der Waals surface area contributed by atoms with Crippen molar-refractivity contribution >= 4 is 23.1 Å². The molecule has 2 N–H and O–H groups in total. The summed E-state index contributed by atoms with van der Waals surface area (Å²) < 4.78 is 6.24. The van der Waals surface area contributed by atoms with Crippen LogP contribution in [0.4, 0.5) is 0 Å². The number of Topliss-reactive ketones (excluding diaryl/α,β-unsaturated/α-hetero) is 1. The van der Waals surface area contributed by atoms with Crippen molar-refractivity contribution in [3.8, 4) is 11.5 Å². The summed E-state index contributed by atoms with van der Waals surface area (Å²) >= 11 is 1.29. The van der Waals surface area contributed by atoms with Crippen molar-refractivity contribution in [2.24, 2.45) is 0 Å². The number of ether oxygens (including phenoxy) is 1. The highest BCUT2D eigenvalue weighted by Gasteiger charge is 2.25. The SMILES string of the molecule is CC(=O)c1csc(C(Oc2ccccc2)c2ccc(Cc3ccc(C(=O)O)cc3)cc2)c1O. The van der Waals surface area contributed by atoms with Crippen molar-refractivity contribution in [1.82, 2.24) is 0 Å². The largest absolute Gasteiger partial charge is 0.506 e. The fourth-order valence-electron chi connectivity index (χ4n) is 3.52. The molecule has 1 aromatic heterocycles. The van der Waals surface area contributed by atoms with Crippen LogP contribution < -0.4 is 4.74 Å². The van der Waals surface area contributed by atoms with Crippen LogP contribution in [0, 0.1) is 0 Å². The predicted molar refractivity (Wildman–Crippen MR) is 128 cm³/mol. The first-order valence-corrected chi connectivity index (χ1v) is 11.2. The average molecular weight is 459 g/mol. The summed E-state index contributed by atoms with van der Waals surface area (Å²) in [5.41, 5.74) is 3.46. The molecule has 0 saturated carbocycles. The molecule has 0 amide bonds. The number of carbonyl (C=O) groups is 2. The number of hydrogen-bond donors (Lipinski definition) is 2. The van der Waals surface area contributed by atoms with E-state index in [1.165, 1.54) is 18.3 Å². The summed E-state index contributed by atoms with van der Waals surface area (Å²) in [7, 11) is 0. The monoisotopic (exact) mass is 458 g/mol. The fraction of sp³-hybridized carbons (Fsp3) is 0.111. The van der Waals surface area contributed by atoms with E-state index in [2.05, 4.69) is 0 Å². The number of benzene rings is 3. The van der Waals surface area contributed by atoms with Crippen LogP contribution in [-0.4, -0.2) is 22.0 Å². The van der Waals surface area contributed by atoms with Gasteiger partial charge in [-0.15, -0.1) is 11.3 Å². The number of aromatic hydroxyl groups is 1. The lowest BCUT2D eigenvalue weighted by Crippen LogP contribution is -2.08. The Labute approximate surface area is 195 Å². The maximum Gasteiger partial charge on any atom is 0.335 e. The Bertz CT molecular complexity index is 1260. The van der Waals surface area contributed by atoms with E-state index in [1.54, 1.807) is 17.5 Å². The maximum atomic E-state index is 11.8. The van der Waals surface area contributed by atoms with Gasteiger partial charge in [0.2, 0.25) is 0 Å². The zero-order valence-electron chi connectivity index (χ0n) is 17.9. The lowest BCUT2D eigenvalue weighted by Gasteiger charge is -2.19. The van der Waals surface area contributed by atoms with Gasteiger partial charge in [0.1, 0.15) is 11.5 Å². The quantitative estimate of drug-likeness (QED) is 0.311. The standard InChI is InChI=1S/C27H22O5S/c1-17(28)23-16-33-26(24(23)29)25(32-22-5-3-2-4-6-22)20-11-7-18(8-12-20)15-19-9-13-21(14-10-19)27(30)31/h2-14,16,25,29H,15H2,1H3,(H,30,31). The lowest BCUT2D eigenvalue weighted by molar-refractivity contribution is 0.0696. The second-order valence-corrected chi connectivity index (χ2v) is 8.56. The number of rotatable bonds is 8. The van der Waals surface area contributed by atoms with Crippen molar-refractivity contribution in [3.63, 3.8) is 0 Å². The molecule has 0 aliphatic heterocycles. The zero-order chi connectivity index (χ0) is 23.4. The number of aromatic carboxylic acids is 1. The van der Waals surface area contributed by atoms with Crippen molar-refractivity contribution in [1.29, 1.82) is 0 Å². The summed E-state index contributed by atoms with van der Waals surface area (Å²) in [6.45, 7) is 1.43. The Morgan fingerprint density at radius 3 is 2.06 bits per heavy atom. The Morgan fingerprint density at radius 1 is 0.909 bits per heavy atom. The number of hydrogen-bond acceptors (Lipinski definition) is 5. The van der Waals surface area contributed by atoms with Gasteiger partial charge in [-0.3, -0.25) is 4.79 Å². The van der Waals surface area contributed by atoms with Gasteiger partial charge in [0.15, 0.2) is 11.9 Å². The van der Waals surface area contributed by atoms with E-state index < -0.39 is 12.1 Å². The number of carbonyl (C=O) groups excluding carboxylic acids is 1. The third-order valence-corrected chi connectivity index (χ3v) is 6.31. The molecule has 4 aromatic rings. The molecule has 5 nitrogen and oxygen atoms in total. The molecule has 33 heavy (non-hydrogen) atoms. The minimum Gasteiger partial charge on any atom is -0.506 e. The van der Waals surface area contributed by atoms with E-state index in [4.69, 9.17) is 9.84 Å². The van der Waals surface area contributed by atoms with E-state index in [1.807, 2.05) is 66.7 Å². The van der Waals surface area contributed by atoms with Gasteiger partial charge in [-0.05, 0) is 54.3 Å². The Morgan fingerprint density at radius 2 is 1.52 bits per heavy atom. The summed E-state index contributed by atoms with van der Waals surface area (Å²) in [6.07, 6.45) is 0.0812. The molecule has 1 atom stereocenters. The van der Waals surface area contributed by atoms with E-state index in [-0.39, 0.29) is 22.7 Å². The highest BCUT2D eigenvalue weighted by Crippen LogP contribution is 2.40. The molecular weight excluding hydrogens is 436 g/mol. The van der Waals surface area contributed by atoms with Crippen LogP contribution in [0.2, 0.25) is 0 Å². The summed E-state index contributed by atoms with van der Waals surface area (Å²) in [4.78, 5) is 23.5. The molecule has 1 heterocycles. The number of carboxylic acids is 1. The number of para-hydroxylation sites is 1. The predicted octanol–water partition coefficient (Wildman–Crippen LogP) is 6.11. The molecule has 0 bridgehead atoms. The molecule has 6 heteroatoms. The molecule has 0 radical (unpaired) electrons. The summed E-state index contributed by atoms with van der Waals surface area (Å²) in [6, 6.07) is 24.0. The van der Waals surface area contributed by atoms with E-state index in [9.17, 15) is 14.7 Å². The number of ketones is 1. The highest BCUT2D eigenvalue weighted by molar-refractivity contribution is 7.10. The topological polar surface area (TPSA) is 83.8 Å². The minimum absolute atomic E-state index is 0.0453. The van der Waals surface area contributed by atoms with Crippen LogP contribution in [0.5, 0.6) is 11.5 Å². The van der Waals surface area contributed by atoms with Gasteiger partial charge in [-0.1, -0.05) is 54.6 Å². The normalized spacial score (nSPS) is 11.7. The maximum absolute atomic E-state index is 11.8. The first-order valence-electron chi connectivity index (χ1n) is 10.4. The summed E-state index contributed by atoms with van der Waals surface area (Å²) in [5, 5.41) is 21.4. The van der Waals surface area contributed by atoms with Gasteiger partial charge in [-0.25, -0.2) is 4.79 Å². The fourth-order valence-corrected chi connectivity index (χ4v) is 4.57. The Kier molecular flexibility index (Phi) is 6.56. The van der Waals surface area contributed by atoms with Crippen LogP contribution in [0.3, 0.4) is 0 Å². The molecule has 1 unspecified atom stereocenters. The molecule has 166 valence electrons. The summed E-state index contributed by atoms with van der Waals surface area (Å²) in [5.74, 6) is -0.531. The first-order chi connectivity index (χ1) is 15.9. The van der Waals surface area contributed by atoms with E-state index >= 15 is 0 Å². The lowest BCUT2D eigenvalue weighted by atomic mass is 10.00. The molecule has 0 fully saturated rings. The third kappa shape index (κ3) is 5.13. The van der Waals surface area contributed by atoms with Gasteiger partial charge in [0.05, 0.1) is 16.0 Å². The average Bonchev–Trinajstić information content (AvgIpc) is 3.20. The van der Waals surface area contributed by atoms with Crippen LogP contribution in [0.25, 0.3) is 0 Å². The van der Waals surface area contributed by atoms with Crippen LogP contribution in [0.1, 0.15) is 55.3 Å². The minimum atomic E-state index is -0.944. The van der Waals surface area contributed by atoms with Gasteiger partial charge < -0.3 is 14.9 Å². The van der Waals surface area contributed by atoms with E-state index in [0.717, 1.165) is 16.7 Å². The van der Waals surface area contributed by atoms with Crippen molar-refractivity contribution in [2.45, 2.75) is 19.4 Å². The van der Waals surface area contributed by atoms with Gasteiger partial charge in [0, 0.05) is 5.38 Å². The van der Waals surface area contributed by atoms with Gasteiger partial charge in [0.25, 0.3) is 0 Å². The van der Waals surface area contributed by atoms with Crippen LogP contribution >= 0.6 is 11.3 Å². The van der Waals surface area contributed by atoms with E-state index in [0.29, 0.717) is 17.0 Å². The van der Waals surface area contributed by atoms with Crippen LogP contribution in [-0.2, 0) is 6.42 Å². The molecule has 0 saturated heterocycles. The first kappa shape index (κ1) is 22.3. The second-order valence-electron chi connectivity index (χ2n) is 7.65. The molecule has 0 aliphatic rings. The molecule has 3 aromatic carbocycles. The van der Waals surface area contributed by atoms with Gasteiger partial charge >= 0.3 is 5.97 Å². The van der Waals surface area contributed by atoms with Crippen molar-refractivity contribution in [3.05, 3.63) is 117 Å². The van der Waals surface area contributed by atoms with Crippen molar-refractivity contribution < 1.29 is 24.5 Å². The zero-order valence-corrected chi connectivity index (χ0v) is 18.7. The Hall–Kier alpha value is -3.90. The third-order valence-electron chi connectivity index (χ3n) is 5.30.